The minimum absolute atomic E-state index is 0.0806. The van der Waals surface area contributed by atoms with Gasteiger partial charge < -0.3 is 26.1 Å². The number of aromatic nitrogens is 4. The Morgan fingerprint density at radius 2 is 2.12 bits per heavy atom. The molecule has 140 valence electrons. The lowest BCUT2D eigenvalue weighted by Crippen LogP contribution is -2.39. The average Bonchev–Trinajstić information content (AvgIpc) is 3.31. The quantitative estimate of drug-likeness (QED) is 0.631. The molecular formula is C17H25N7O2. The molecule has 1 amide bonds. The van der Waals surface area contributed by atoms with E-state index >= 15 is 0 Å². The van der Waals surface area contributed by atoms with Gasteiger partial charge in [-0.15, -0.1) is 0 Å². The number of rotatable bonds is 5. The van der Waals surface area contributed by atoms with E-state index in [0.717, 1.165) is 50.6 Å². The molecule has 0 spiro atoms. The molecule has 1 aliphatic heterocycles. The van der Waals surface area contributed by atoms with Gasteiger partial charge in [0, 0.05) is 25.1 Å². The van der Waals surface area contributed by atoms with Crippen LogP contribution in [0.2, 0.25) is 0 Å². The van der Waals surface area contributed by atoms with Crippen LogP contribution in [-0.4, -0.2) is 51.1 Å². The minimum atomic E-state index is 0.0806. The highest BCUT2D eigenvalue weighted by molar-refractivity contribution is 5.83. The average molecular weight is 359 g/mol. The van der Waals surface area contributed by atoms with Crippen molar-refractivity contribution in [1.82, 2.24) is 25.3 Å². The van der Waals surface area contributed by atoms with Crippen LogP contribution in [0.1, 0.15) is 38.5 Å². The fraction of sp³-hybridized carbons (Fsp3) is 0.647. The molecule has 3 heterocycles. The Labute approximate surface area is 151 Å². The van der Waals surface area contributed by atoms with E-state index in [9.17, 15) is 4.79 Å². The maximum absolute atomic E-state index is 12.4. The molecule has 2 fully saturated rings. The van der Waals surface area contributed by atoms with Gasteiger partial charge in [-0.05, 0) is 38.5 Å². The molecule has 2 aromatic rings. The third kappa shape index (κ3) is 3.72. The summed E-state index contributed by atoms with van der Waals surface area (Å²) in [6, 6.07) is 0.262. The van der Waals surface area contributed by atoms with Crippen molar-refractivity contribution in [3.05, 3.63) is 6.33 Å². The topological polar surface area (TPSA) is 131 Å². The van der Waals surface area contributed by atoms with E-state index in [0.29, 0.717) is 18.0 Å². The predicted molar refractivity (Wildman–Crippen MR) is 97.4 cm³/mol. The van der Waals surface area contributed by atoms with Gasteiger partial charge in [0.25, 0.3) is 0 Å². The monoisotopic (exact) mass is 359 g/mol. The maximum Gasteiger partial charge on any atom is 0.224 e. The number of carbonyl (C=O) groups is 1. The predicted octanol–water partition coefficient (Wildman–Crippen LogP) is 1.20. The molecule has 9 heteroatoms. The summed E-state index contributed by atoms with van der Waals surface area (Å²) in [5.41, 5.74) is 7.07. The number of H-pyrrole nitrogens is 1. The molecule has 0 radical (unpaired) electrons. The van der Waals surface area contributed by atoms with E-state index in [1.807, 2.05) is 0 Å². The van der Waals surface area contributed by atoms with Crippen LogP contribution in [0.15, 0.2) is 6.33 Å². The number of carbonyl (C=O) groups excluding carboxylic acids is 1. The van der Waals surface area contributed by atoms with Crippen LogP contribution in [0.4, 0.5) is 11.8 Å². The van der Waals surface area contributed by atoms with Gasteiger partial charge in [-0.2, -0.15) is 9.97 Å². The molecule has 26 heavy (non-hydrogen) atoms. The Morgan fingerprint density at radius 1 is 1.27 bits per heavy atom. The van der Waals surface area contributed by atoms with E-state index in [-0.39, 0.29) is 29.9 Å². The van der Waals surface area contributed by atoms with Crippen molar-refractivity contribution < 1.29 is 9.53 Å². The number of nitrogens with one attached hydrogen (secondary N) is 3. The molecule has 0 aromatic carbocycles. The van der Waals surface area contributed by atoms with Crippen molar-refractivity contribution in [1.29, 1.82) is 0 Å². The number of anilines is 2. The number of nitrogens with zero attached hydrogens (tertiary/aromatic N) is 3. The first-order valence-corrected chi connectivity index (χ1v) is 9.31. The number of nitrogen functional groups attached to an aromatic ring is 1. The fourth-order valence-electron chi connectivity index (χ4n) is 3.81. The molecule has 1 saturated heterocycles. The van der Waals surface area contributed by atoms with Crippen molar-refractivity contribution in [3.8, 4) is 0 Å². The van der Waals surface area contributed by atoms with Crippen LogP contribution >= 0.6 is 0 Å². The van der Waals surface area contributed by atoms with Gasteiger partial charge in [-0.25, -0.2) is 4.98 Å². The molecule has 4 rings (SSSR count). The van der Waals surface area contributed by atoms with Crippen LogP contribution < -0.4 is 16.4 Å². The summed E-state index contributed by atoms with van der Waals surface area (Å²) in [5, 5.41) is 6.49. The Kier molecular flexibility index (Phi) is 4.87. The minimum Gasteiger partial charge on any atom is -0.376 e. The second-order valence-corrected chi connectivity index (χ2v) is 7.10. The molecule has 2 aromatic heterocycles. The summed E-state index contributed by atoms with van der Waals surface area (Å²) in [6.45, 7) is 1.45. The molecule has 1 unspecified atom stereocenters. The molecule has 1 saturated carbocycles. The first kappa shape index (κ1) is 17.0. The summed E-state index contributed by atoms with van der Waals surface area (Å²) >= 11 is 0. The second kappa shape index (κ2) is 7.45. The molecule has 9 nitrogen and oxygen atoms in total. The summed E-state index contributed by atoms with van der Waals surface area (Å²) in [7, 11) is 0. The molecule has 2 aliphatic rings. The van der Waals surface area contributed by atoms with Crippen LogP contribution in [0.3, 0.4) is 0 Å². The van der Waals surface area contributed by atoms with Gasteiger partial charge in [0.05, 0.1) is 12.4 Å². The summed E-state index contributed by atoms with van der Waals surface area (Å²) < 4.78 is 5.56. The SMILES string of the molecule is Nc1nc(NC2CCC(C(=O)NCC3CCCO3)CC2)c2[nH]cnc2n1. The van der Waals surface area contributed by atoms with Crippen molar-refractivity contribution >= 4 is 28.8 Å². The molecule has 1 aliphatic carbocycles. The van der Waals surface area contributed by atoms with Gasteiger partial charge in [0.2, 0.25) is 11.9 Å². The summed E-state index contributed by atoms with van der Waals surface area (Å²) in [5.74, 6) is 1.11. The molecule has 1 atom stereocenters. The first-order chi connectivity index (χ1) is 12.7. The second-order valence-electron chi connectivity index (χ2n) is 7.10. The van der Waals surface area contributed by atoms with Crippen molar-refractivity contribution in [2.75, 3.05) is 24.2 Å². The van der Waals surface area contributed by atoms with Crippen LogP contribution in [0.25, 0.3) is 11.2 Å². The van der Waals surface area contributed by atoms with Gasteiger partial charge in [0.15, 0.2) is 11.5 Å². The van der Waals surface area contributed by atoms with E-state index in [2.05, 4.69) is 30.6 Å². The number of nitrogens with two attached hydrogens (primary N) is 1. The lowest BCUT2D eigenvalue weighted by molar-refractivity contribution is -0.126. The maximum atomic E-state index is 12.4. The third-order valence-electron chi connectivity index (χ3n) is 5.27. The van der Waals surface area contributed by atoms with E-state index in [4.69, 9.17) is 10.5 Å². The van der Waals surface area contributed by atoms with E-state index in [1.54, 1.807) is 6.33 Å². The zero-order chi connectivity index (χ0) is 17.9. The lowest BCUT2D eigenvalue weighted by atomic mass is 9.85. The van der Waals surface area contributed by atoms with Gasteiger partial charge in [-0.3, -0.25) is 4.79 Å². The highest BCUT2D eigenvalue weighted by Crippen LogP contribution is 2.28. The van der Waals surface area contributed by atoms with E-state index in [1.165, 1.54) is 0 Å². The molecule has 5 N–H and O–H groups in total. The third-order valence-corrected chi connectivity index (χ3v) is 5.27. The van der Waals surface area contributed by atoms with Gasteiger partial charge >= 0.3 is 0 Å². The standard InChI is InChI=1S/C17H25N7O2/c18-17-23-14-13(20-9-21-14)15(24-17)22-11-5-3-10(4-6-11)16(25)19-8-12-2-1-7-26-12/h9-12H,1-8H2,(H,19,25)(H4,18,20,21,22,23,24). The van der Waals surface area contributed by atoms with Crippen LogP contribution in [0, 0.1) is 5.92 Å². The molecular weight excluding hydrogens is 334 g/mol. The number of aromatic amines is 1. The zero-order valence-electron chi connectivity index (χ0n) is 14.7. The number of imidazole rings is 1. The number of ether oxygens (including phenoxy) is 1. The fourth-order valence-corrected chi connectivity index (χ4v) is 3.81. The number of hydrogen-bond acceptors (Lipinski definition) is 7. The highest BCUT2D eigenvalue weighted by atomic mass is 16.5. The number of amides is 1. The Bertz CT molecular complexity index is 764. The Morgan fingerprint density at radius 3 is 2.88 bits per heavy atom. The van der Waals surface area contributed by atoms with Crippen molar-refractivity contribution in [2.45, 2.75) is 50.7 Å². The van der Waals surface area contributed by atoms with Gasteiger partial charge in [0.1, 0.15) is 5.52 Å². The highest BCUT2D eigenvalue weighted by Gasteiger charge is 2.27. The summed E-state index contributed by atoms with van der Waals surface area (Å²) in [4.78, 5) is 27.9. The normalized spacial score (nSPS) is 26.1. The largest absolute Gasteiger partial charge is 0.376 e. The Balaban J connectivity index is 1.29. The Hall–Kier alpha value is -2.42. The summed E-state index contributed by atoms with van der Waals surface area (Å²) in [6.07, 6.45) is 7.46. The number of hydrogen-bond donors (Lipinski definition) is 4. The van der Waals surface area contributed by atoms with Gasteiger partial charge in [-0.1, -0.05) is 0 Å². The lowest BCUT2D eigenvalue weighted by Gasteiger charge is -2.29. The van der Waals surface area contributed by atoms with E-state index < -0.39 is 0 Å². The molecule has 0 bridgehead atoms. The van der Waals surface area contributed by atoms with Crippen molar-refractivity contribution in [2.24, 2.45) is 5.92 Å². The van der Waals surface area contributed by atoms with Crippen LogP contribution in [0.5, 0.6) is 0 Å². The zero-order valence-corrected chi connectivity index (χ0v) is 14.7. The number of fused-ring (bicyclic) bond motifs is 1. The first-order valence-electron chi connectivity index (χ1n) is 9.31. The van der Waals surface area contributed by atoms with Crippen LogP contribution in [-0.2, 0) is 9.53 Å². The van der Waals surface area contributed by atoms with Crippen molar-refractivity contribution in [3.63, 3.8) is 0 Å². The smallest absolute Gasteiger partial charge is 0.224 e.